The van der Waals surface area contributed by atoms with E-state index in [-0.39, 0.29) is 17.1 Å². The van der Waals surface area contributed by atoms with Crippen LogP contribution in [0.5, 0.6) is 0 Å². The minimum Gasteiger partial charge on any atom is -0.858 e. The monoisotopic (exact) mass is 174 g/mol. The van der Waals surface area contributed by atoms with Gasteiger partial charge < -0.3 is 19.0 Å². The molecule has 0 fully saturated rings. The molecule has 0 aromatic carbocycles. The van der Waals surface area contributed by atoms with Gasteiger partial charge in [0.15, 0.2) is 0 Å². The zero-order valence-corrected chi connectivity index (χ0v) is 4.75. The van der Waals surface area contributed by atoms with Gasteiger partial charge in [0.25, 0.3) is 0 Å². The molecule has 0 saturated heterocycles. The molecule has 0 aliphatic rings. The minimum absolute atomic E-state index is 0. The van der Waals surface area contributed by atoms with Gasteiger partial charge in [0.2, 0.25) is 0 Å². The second kappa shape index (κ2) is 3.50. The normalized spacial score (nSPS) is 10.3. The van der Waals surface area contributed by atoms with Gasteiger partial charge in [-0.2, -0.15) is 0 Å². The van der Waals surface area contributed by atoms with Gasteiger partial charge in [-0.1, -0.05) is 13.6 Å². The SMILES string of the molecule is [Cu].[O-][Si]([O-])([O-])OF. The molecule has 0 bridgehead atoms. The van der Waals surface area contributed by atoms with E-state index in [1.54, 1.807) is 0 Å². The molecule has 0 spiro atoms. The van der Waals surface area contributed by atoms with Crippen molar-refractivity contribution >= 4 is 9.05 Å². The Hall–Kier alpha value is 0.506. The topological polar surface area (TPSA) is 78.4 Å². The van der Waals surface area contributed by atoms with Crippen LogP contribution in [0.4, 0.5) is 4.53 Å². The molecule has 7 heavy (non-hydrogen) atoms. The Bertz CT molecular complexity index is 41.4. The summed E-state index contributed by atoms with van der Waals surface area (Å²) >= 11 is 0. The van der Waals surface area contributed by atoms with Crippen molar-refractivity contribution in [2.24, 2.45) is 0 Å². The molecular weight excluding hydrogens is 175 g/mol. The quantitative estimate of drug-likeness (QED) is 0.385. The fourth-order valence-corrected chi connectivity index (χ4v) is 0. The standard InChI is InChI=1S/Cu.FO4Si/c;1-5-6(2,3)4/q;-3. The van der Waals surface area contributed by atoms with E-state index in [9.17, 15) is 4.53 Å². The van der Waals surface area contributed by atoms with E-state index < -0.39 is 9.05 Å². The van der Waals surface area contributed by atoms with E-state index in [1.807, 2.05) is 4.63 Å². The van der Waals surface area contributed by atoms with Crippen molar-refractivity contribution in [2.45, 2.75) is 0 Å². The first kappa shape index (κ1) is 10.5. The van der Waals surface area contributed by atoms with Crippen LogP contribution >= 0.6 is 0 Å². The van der Waals surface area contributed by atoms with Crippen LogP contribution < -0.4 is 14.4 Å². The van der Waals surface area contributed by atoms with Crippen molar-refractivity contribution in [3.05, 3.63) is 0 Å². The largest absolute Gasteiger partial charge is 0.858 e. The van der Waals surface area contributed by atoms with Crippen LogP contribution in [0.25, 0.3) is 0 Å². The molecule has 49 valence electrons. The second-order valence-corrected chi connectivity index (χ2v) is 1.73. The average molecular weight is 175 g/mol. The molecule has 0 aromatic heterocycles. The van der Waals surface area contributed by atoms with Gasteiger partial charge in [0.05, 0.1) is 0 Å². The Morgan fingerprint density at radius 3 is 1.43 bits per heavy atom. The van der Waals surface area contributed by atoms with Crippen LogP contribution in [0.3, 0.4) is 0 Å². The third kappa shape index (κ3) is 10.7. The average Bonchev–Trinajstić information content (AvgIpc) is 1.35. The van der Waals surface area contributed by atoms with E-state index in [4.69, 9.17) is 14.4 Å². The van der Waals surface area contributed by atoms with Crippen LogP contribution in [0.2, 0.25) is 0 Å². The fourth-order valence-electron chi connectivity index (χ4n) is 0. The van der Waals surface area contributed by atoms with E-state index in [1.165, 1.54) is 0 Å². The summed E-state index contributed by atoms with van der Waals surface area (Å²) in [5.74, 6) is 0. The molecule has 0 atom stereocenters. The van der Waals surface area contributed by atoms with Crippen LogP contribution in [0.15, 0.2) is 0 Å². The molecule has 4 nitrogen and oxygen atoms in total. The van der Waals surface area contributed by atoms with E-state index >= 15 is 0 Å². The predicted octanol–water partition coefficient (Wildman–Crippen LogP) is -3.60. The van der Waals surface area contributed by atoms with Gasteiger partial charge in [-0.3, -0.25) is 0 Å². The Labute approximate surface area is 50.4 Å². The van der Waals surface area contributed by atoms with E-state index in [0.717, 1.165) is 0 Å². The van der Waals surface area contributed by atoms with Crippen LogP contribution in [0, 0.1) is 0 Å². The van der Waals surface area contributed by atoms with Crippen molar-refractivity contribution in [1.29, 1.82) is 0 Å². The van der Waals surface area contributed by atoms with E-state index in [2.05, 4.69) is 0 Å². The summed E-state index contributed by atoms with van der Waals surface area (Å²) in [7, 11) is -5.55. The molecule has 0 heterocycles. The maximum Gasteiger partial charge on any atom is 0 e. The summed E-state index contributed by atoms with van der Waals surface area (Å²) in [6.07, 6.45) is 0. The van der Waals surface area contributed by atoms with Crippen molar-refractivity contribution in [3.8, 4) is 0 Å². The Morgan fingerprint density at radius 1 is 1.29 bits per heavy atom. The summed E-state index contributed by atoms with van der Waals surface area (Å²) < 4.78 is 12.0. The Kier molecular flexibility index (Phi) is 5.24. The molecule has 0 unspecified atom stereocenters. The zero-order valence-electron chi connectivity index (χ0n) is 2.81. The summed E-state index contributed by atoms with van der Waals surface area (Å²) in [6.45, 7) is 0. The van der Waals surface area contributed by atoms with Crippen molar-refractivity contribution in [2.75, 3.05) is 0 Å². The molecule has 0 aliphatic heterocycles. The zero-order chi connectivity index (χ0) is 5.21. The van der Waals surface area contributed by atoms with Gasteiger partial charge >= 0.3 is 0 Å². The van der Waals surface area contributed by atoms with Crippen LogP contribution in [0.1, 0.15) is 0 Å². The number of rotatable bonds is 1. The van der Waals surface area contributed by atoms with Crippen LogP contribution in [-0.2, 0) is 21.7 Å². The first-order chi connectivity index (χ1) is 2.56. The van der Waals surface area contributed by atoms with Crippen molar-refractivity contribution in [1.82, 2.24) is 0 Å². The van der Waals surface area contributed by atoms with Gasteiger partial charge in [0, 0.05) is 17.1 Å². The smallest absolute Gasteiger partial charge is 0 e. The van der Waals surface area contributed by atoms with Gasteiger partial charge in [-0.15, -0.1) is 0 Å². The summed E-state index contributed by atoms with van der Waals surface area (Å²) in [6, 6.07) is 0. The molecule has 0 aromatic rings. The number of hydrogen-bond donors (Lipinski definition) is 0. The van der Waals surface area contributed by atoms with Crippen molar-refractivity contribution in [3.63, 3.8) is 0 Å². The molecule has 0 saturated carbocycles. The predicted molar refractivity (Wildman–Crippen MR) is 7.95 cm³/mol. The fraction of sp³-hybridized carbons (Fsp3) is 0. The molecule has 1 radical (unpaired) electrons. The third-order valence-corrected chi connectivity index (χ3v) is 0.283. The second-order valence-electron chi connectivity index (χ2n) is 0.577. The summed E-state index contributed by atoms with van der Waals surface area (Å²) in [5.41, 5.74) is 0. The Balaban J connectivity index is 0. The molecular formula is CuFO4Si-3. The van der Waals surface area contributed by atoms with Gasteiger partial charge in [0.1, 0.15) is 0 Å². The summed E-state index contributed by atoms with van der Waals surface area (Å²) in [5, 5.41) is 0. The minimum atomic E-state index is -5.55. The Morgan fingerprint density at radius 2 is 1.43 bits per heavy atom. The molecule has 0 rings (SSSR count). The van der Waals surface area contributed by atoms with Gasteiger partial charge in [-0.25, -0.2) is 0 Å². The third-order valence-electron chi connectivity index (χ3n) is 0.0945. The molecule has 0 amide bonds. The first-order valence-corrected chi connectivity index (χ1v) is 2.60. The number of hydrogen-bond acceptors (Lipinski definition) is 4. The molecule has 0 aliphatic carbocycles. The maximum atomic E-state index is 10.1. The van der Waals surface area contributed by atoms with E-state index in [0.29, 0.717) is 0 Å². The first-order valence-electron chi connectivity index (χ1n) is 0.971. The van der Waals surface area contributed by atoms with Crippen molar-refractivity contribution < 1.29 is 40.6 Å². The van der Waals surface area contributed by atoms with Crippen LogP contribution in [-0.4, -0.2) is 9.05 Å². The summed E-state index contributed by atoms with van der Waals surface area (Å²) in [4.78, 5) is 26.7. The number of halogens is 1. The molecule has 7 heteroatoms. The van der Waals surface area contributed by atoms with Gasteiger partial charge in [-0.05, 0) is 0 Å². The maximum absolute atomic E-state index is 10.1. The molecule has 0 N–H and O–H groups in total.